The second-order valence-corrected chi connectivity index (χ2v) is 21.0. The van der Waals surface area contributed by atoms with Crippen molar-refractivity contribution in [1.29, 1.82) is 10.5 Å². The maximum Gasteiger partial charge on any atom is 0.254 e. The third-order valence-corrected chi connectivity index (χ3v) is 15.9. The highest BCUT2D eigenvalue weighted by atomic mass is 16.2. The summed E-state index contributed by atoms with van der Waals surface area (Å²) in [6.07, 6.45) is 3.62. The molecule has 2 amide bonds. The topological polar surface area (TPSA) is 130 Å². The molecule has 2 aromatic heterocycles. The molecule has 4 aliphatic rings. The third-order valence-electron chi connectivity index (χ3n) is 15.9. The first-order chi connectivity index (χ1) is 36.6. The molecule has 10 rings (SSSR count). The van der Waals surface area contributed by atoms with E-state index in [1.165, 1.54) is 5.56 Å². The summed E-state index contributed by atoms with van der Waals surface area (Å²) in [4.78, 5) is 53.5. The predicted molar refractivity (Wildman–Crippen MR) is 296 cm³/mol. The lowest BCUT2D eigenvalue weighted by molar-refractivity contribution is 0.0738. The van der Waals surface area contributed by atoms with Gasteiger partial charge in [-0.3, -0.25) is 19.4 Å². The van der Waals surface area contributed by atoms with Gasteiger partial charge < -0.3 is 24.5 Å². The Bertz CT molecular complexity index is 3100. The number of piperazine rings is 2. The number of amides is 2. The summed E-state index contributed by atoms with van der Waals surface area (Å²) in [5.41, 5.74) is 12.4. The normalized spacial score (nSPS) is 17.1. The van der Waals surface area contributed by atoms with Crippen LogP contribution >= 0.6 is 0 Å². The van der Waals surface area contributed by atoms with Gasteiger partial charge in [0.15, 0.2) is 0 Å². The number of aromatic nitrogens is 2. The summed E-state index contributed by atoms with van der Waals surface area (Å²) in [6.45, 7) is 18.5. The van der Waals surface area contributed by atoms with Gasteiger partial charge in [-0.05, 0) is 147 Å². The lowest BCUT2D eigenvalue weighted by Gasteiger charge is -2.36. The summed E-state index contributed by atoms with van der Waals surface area (Å²) in [5, 5.41) is 20.1. The van der Waals surface area contributed by atoms with Gasteiger partial charge in [-0.15, -0.1) is 0 Å². The monoisotopic (exact) mass is 1000 g/mol. The van der Waals surface area contributed by atoms with Crippen molar-refractivity contribution < 1.29 is 9.59 Å². The van der Waals surface area contributed by atoms with E-state index in [9.17, 15) is 20.1 Å². The molecule has 0 bridgehead atoms. The minimum Gasteiger partial charge on any atom is -0.369 e. The van der Waals surface area contributed by atoms with E-state index in [4.69, 9.17) is 4.98 Å². The molecular weight excluding hydrogens is 931 g/mol. The molecule has 4 aliphatic heterocycles. The van der Waals surface area contributed by atoms with Gasteiger partial charge in [0.25, 0.3) is 11.8 Å². The fourth-order valence-corrected chi connectivity index (χ4v) is 11.6. The number of nitriles is 2. The number of hydrogen-bond acceptors (Lipinski definition) is 11. The highest BCUT2D eigenvalue weighted by Crippen LogP contribution is 2.32. The molecule has 0 N–H and O–H groups in total. The number of carbonyl (C=O) groups excluding carboxylic acids is 2. The van der Waals surface area contributed by atoms with Crippen molar-refractivity contribution >= 4 is 29.1 Å². The quantitative estimate of drug-likeness (QED) is 0.117. The van der Waals surface area contributed by atoms with E-state index < -0.39 is 0 Å². The SMILES string of the molecule is Cc1cccc(N2CCN(C(=O)c3cc(CN4CCCN(c5ccc(Cc6cccc(N7CCN(C(=O)c8cc(CN9CCC(c%10ccccc%10C#N)CC9)ccc8C)CC7)n6)cc5C#N)CC4)ccc3C)CC2)n1. The Hall–Kier alpha value is -7.58. The van der Waals surface area contributed by atoms with Gasteiger partial charge in [0.2, 0.25) is 0 Å². The van der Waals surface area contributed by atoms with Gasteiger partial charge in [-0.25, -0.2) is 9.97 Å². The highest BCUT2D eigenvalue weighted by molar-refractivity contribution is 5.96. The molecule has 0 saturated carbocycles. The molecule has 4 aromatic carbocycles. The molecule has 0 radical (unpaired) electrons. The van der Waals surface area contributed by atoms with E-state index in [-0.39, 0.29) is 11.8 Å². The molecular formula is C62H69N11O2. The van der Waals surface area contributed by atoms with Gasteiger partial charge in [-0.1, -0.05) is 60.7 Å². The maximum atomic E-state index is 14.0. The van der Waals surface area contributed by atoms with Crippen LogP contribution < -0.4 is 14.7 Å². The molecule has 0 aliphatic carbocycles. The Morgan fingerprint density at radius 1 is 0.520 bits per heavy atom. The van der Waals surface area contributed by atoms with E-state index in [1.807, 2.05) is 73.0 Å². The number of piperidine rings is 1. The second-order valence-electron chi connectivity index (χ2n) is 21.0. The molecule has 13 nitrogen and oxygen atoms in total. The third kappa shape index (κ3) is 12.0. The number of nitrogens with zero attached hydrogens (tertiary/aromatic N) is 11. The van der Waals surface area contributed by atoms with Crippen LogP contribution in [0.15, 0.2) is 115 Å². The van der Waals surface area contributed by atoms with E-state index >= 15 is 0 Å². The van der Waals surface area contributed by atoms with Crippen LogP contribution in [0.25, 0.3) is 0 Å². The Kier molecular flexibility index (Phi) is 15.8. The van der Waals surface area contributed by atoms with E-state index in [1.54, 1.807) is 0 Å². The van der Waals surface area contributed by atoms with Crippen LogP contribution in [0.3, 0.4) is 0 Å². The highest BCUT2D eigenvalue weighted by Gasteiger charge is 2.28. The number of benzene rings is 4. The Balaban J connectivity index is 0.699. The first-order valence-corrected chi connectivity index (χ1v) is 27.0. The zero-order valence-electron chi connectivity index (χ0n) is 43.9. The number of carbonyl (C=O) groups is 2. The molecule has 0 spiro atoms. The van der Waals surface area contributed by atoms with E-state index in [0.29, 0.717) is 57.2 Å². The number of hydrogen-bond donors (Lipinski definition) is 0. The minimum atomic E-state index is 0.0837. The molecule has 4 fully saturated rings. The van der Waals surface area contributed by atoms with Crippen molar-refractivity contribution in [1.82, 2.24) is 29.6 Å². The van der Waals surface area contributed by atoms with Gasteiger partial charge >= 0.3 is 0 Å². The number of rotatable bonds is 12. The average molecular weight is 1000 g/mol. The van der Waals surface area contributed by atoms with E-state index in [0.717, 1.165) is 158 Å². The summed E-state index contributed by atoms with van der Waals surface area (Å²) in [5.74, 6) is 2.46. The fraction of sp³-hybridized carbons (Fsp3) is 0.387. The maximum absolute atomic E-state index is 14.0. The lowest BCUT2D eigenvalue weighted by atomic mass is 9.86. The molecule has 4 saturated heterocycles. The van der Waals surface area contributed by atoms with Crippen LogP contribution in [0.4, 0.5) is 17.3 Å². The summed E-state index contributed by atoms with van der Waals surface area (Å²) in [6, 6.07) is 44.1. The minimum absolute atomic E-state index is 0.0837. The summed E-state index contributed by atoms with van der Waals surface area (Å²) in [7, 11) is 0. The molecule has 6 heterocycles. The number of pyridine rings is 2. The van der Waals surface area contributed by atoms with Crippen LogP contribution in [0, 0.1) is 43.4 Å². The molecule has 13 heteroatoms. The molecule has 6 aromatic rings. The molecule has 0 atom stereocenters. The standard InChI is InChI=1S/C62H69N11O2/c1-45-15-17-49(39-56(45)61(74)72-33-29-70(30-34-72)59-13-6-9-47(3)65-59)43-67-23-8-24-69(28-27-67)58-20-19-48(37-53(58)42-64)38-54-11-7-14-60(66-54)71-31-35-73(36-32-71)62(75)57-40-50(18-16-46(57)2)44-68-25-21-51(22-26-68)55-12-5-4-10-52(55)41-63/h4-7,9-20,37,39-40,51H,8,21-36,38,43-44H2,1-3H3. The molecule has 75 heavy (non-hydrogen) atoms. The first kappa shape index (κ1) is 50.9. The smallest absolute Gasteiger partial charge is 0.254 e. The average Bonchev–Trinajstić information content (AvgIpc) is 3.69. The Morgan fingerprint density at radius 2 is 1.08 bits per heavy atom. The van der Waals surface area contributed by atoms with Crippen LogP contribution in [0.2, 0.25) is 0 Å². The Labute approximate surface area is 443 Å². The van der Waals surface area contributed by atoms with Crippen molar-refractivity contribution in [2.24, 2.45) is 0 Å². The van der Waals surface area contributed by atoms with Crippen LogP contribution in [-0.4, -0.2) is 133 Å². The predicted octanol–water partition coefficient (Wildman–Crippen LogP) is 8.75. The van der Waals surface area contributed by atoms with Crippen LogP contribution in [0.5, 0.6) is 0 Å². The number of anilines is 3. The van der Waals surface area contributed by atoms with Crippen molar-refractivity contribution in [2.45, 2.75) is 65.5 Å². The zero-order chi connectivity index (χ0) is 51.8. The zero-order valence-corrected chi connectivity index (χ0v) is 43.9. The van der Waals surface area contributed by atoms with E-state index in [2.05, 4.69) is 114 Å². The van der Waals surface area contributed by atoms with Crippen molar-refractivity contribution in [2.75, 3.05) is 106 Å². The molecule has 0 unspecified atom stereocenters. The van der Waals surface area contributed by atoms with Crippen LogP contribution in [-0.2, 0) is 19.5 Å². The van der Waals surface area contributed by atoms with Crippen molar-refractivity contribution in [3.05, 3.63) is 182 Å². The summed E-state index contributed by atoms with van der Waals surface area (Å²) < 4.78 is 0. The second kappa shape index (κ2) is 23.3. The van der Waals surface area contributed by atoms with Gasteiger partial charge in [-0.2, -0.15) is 10.5 Å². The lowest BCUT2D eigenvalue weighted by Crippen LogP contribution is -2.49. The van der Waals surface area contributed by atoms with Crippen molar-refractivity contribution in [3.8, 4) is 12.1 Å². The van der Waals surface area contributed by atoms with Gasteiger partial charge in [0, 0.05) is 121 Å². The van der Waals surface area contributed by atoms with Crippen LogP contribution in [0.1, 0.15) is 102 Å². The summed E-state index contributed by atoms with van der Waals surface area (Å²) >= 11 is 0. The first-order valence-electron chi connectivity index (χ1n) is 27.0. The van der Waals surface area contributed by atoms with Gasteiger partial charge in [0.05, 0.1) is 22.9 Å². The molecule has 384 valence electrons. The number of likely N-dealkylation sites (tertiary alicyclic amines) is 1. The van der Waals surface area contributed by atoms with Gasteiger partial charge in [0.1, 0.15) is 17.7 Å². The van der Waals surface area contributed by atoms with Crippen molar-refractivity contribution in [3.63, 3.8) is 0 Å². The Morgan fingerprint density at radius 3 is 1.69 bits per heavy atom. The fourth-order valence-electron chi connectivity index (χ4n) is 11.6. The largest absolute Gasteiger partial charge is 0.369 e. The number of aryl methyl sites for hydroxylation is 3.